The van der Waals surface area contributed by atoms with Crippen molar-refractivity contribution in [3.05, 3.63) is 57.8 Å². The summed E-state index contributed by atoms with van der Waals surface area (Å²) in [4.78, 5) is 0.513. The van der Waals surface area contributed by atoms with Gasteiger partial charge in [0.1, 0.15) is 28.6 Å². The van der Waals surface area contributed by atoms with Gasteiger partial charge in [-0.05, 0) is 49.7 Å². The highest BCUT2D eigenvalue weighted by molar-refractivity contribution is 7.82. The summed E-state index contributed by atoms with van der Waals surface area (Å²) in [5.74, 6) is -0.260. The van der Waals surface area contributed by atoms with Crippen LogP contribution in [0.25, 0.3) is 0 Å². The van der Waals surface area contributed by atoms with Gasteiger partial charge in [0.15, 0.2) is 0 Å². The van der Waals surface area contributed by atoms with E-state index in [1.54, 1.807) is 30.3 Å². The molecule has 5 nitrogen and oxygen atoms in total. The lowest BCUT2D eigenvalue weighted by Gasteiger charge is -2.49. The van der Waals surface area contributed by atoms with Crippen molar-refractivity contribution in [1.29, 1.82) is 5.26 Å². The zero-order valence-corrected chi connectivity index (χ0v) is 17.9. The maximum absolute atomic E-state index is 13.8. The van der Waals surface area contributed by atoms with Gasteiger partial charge in [0.05, 0.1) is 22.1 Å². The number of halogens is 3. The van der Waals surface area contributed by atoms with Gasteiger partial charge in [0.2, 0.25) is 0 Å². The number of nitrogens with zero attached hydrogens (tertiary/aromatic N) is 2. The molecule has 1 saturated heterocycles. The first-order valence-electron chi connectivity index (χ1n) is 9.02. The van der Waals surface area contributed by atoms with Gasteiger partial charge < -0.3 is 10.5 Å². The van der Waals surface area contributed by atoms with Crippen molar-refractivity contribution >= 4 is 34.2 Å². The van der Waals surface area contributed by atoms with E-state index in [-0.39, 0.29) is 11.0 Å². The minimum atomic E-state index is -1.41. The second kappa shape index (κ2) is 9.41. The topological polar surface area (TPSA) is 79.3 Å². The van der Waals surface area contributed by atoms with Crippen LogP contribution in [0.4, 0.5) is 4.39 Å². The lowest BCUT2D eigenvalue weighted by atomic mass is 9.78. The van der Waals surface area contributed by atoms with Crippen molar-refractivity contribution < 1.29 is 13.3 Å². The summed E-state index contributed by atoms with van der Waals surface area (Å²) in [6, 6.07) is 10.8. The van der Waals surface area contributed by atoms with E-state index in [2.05, 4.69) is 0 Å². The highest BCUT2D eigenvalue weighted by Crippen LogP contribution is 2.39. The van der Waals surface area contributed by atoms with Crippen molar-refractivity contribution in [3.8, 4) is 11.8 Å². The normalized spacial score (nSPS) is 16.7. The Kier molecular flexibility index (Phi) is 7.14. The average molecular weight is 456 g/mol. The predicted octanol–water partition coefficient (Wildman–Crippen LogP) is 4.15. The van der Waals surface area contributed by atoms with Gasteiger partial charge in [-0.15, -0.1) is 0 Å². The summed E-state index contributed by atoms with van der Waals surface area (Å²) in [5.41, 5.74) is 5.40. The SMILES string of the molecule is N#Cc1ccc(OCC2(CCCN)CN(S(=O)c3ccc(Cl)cc3Cl)C2)cc1F. The van der Waals surface area contributed by atoms with Gasteiger partial charge in [0, 0.05) is 29.6 Å². The number of ether oxygens (including phenoxy) is 1. The van der Waals surface area contributed by atoms with Crippen molar-refractivity contribution in [2.75, 3.05) is 26.2 Å². The fourth-order valence-electron chi connectivity index (χ4n) is 3.29. The molecule has 1 unspecified atom stereocenters. The molecule has 0 spiro atoms. The Hall–Kier alpha value is -1.69. The minimum Gasteiger partial charge on any atom is -0.493 e. The van der Waals surface area contributed by atoms with Crippen LogP contribution in [-0.2, 0) is 11.0 Å². The molecule has 2 N–H and O–H groups in total. The van der Waals surface area contributed by atoms with Crippen LogP contribution in [0, 0.1) is 22.6 Å². The first-order valence-corrected chi connectivity index (χ1v) is 10.9. The van der Waals surface area contributed by atoms with Gasteiger partial charge in [-0.3, -0.25) is 0 Å². The second-order valence-electron chi connectivity index (χ2n) is 7.06. The molecule has 1 heterocycles. The van der Waals surface area contributed by atoms with Crippen molar-refractivity contribution in [2.24, 2.45) is 11.1 Å². The molecule has 1 aliphatic rings. The molecule has 2 aromatic carbocycles. The molecule has 1 fully saturated rings. The number of hydrogen-bond donors (Lipinski definition) is 1. The van der Waals surface area contributed by atoms with E-state index in [4.69, 9.17) is 38.9 Å². The standard InChI is InChI=1S/C20H20Cl2FN3O2S/c21-15-3-5-19(17(22)8-15)29(27)26-11-20(12-26,6-1-7-24)13-28-16-4-2-14(10-25)18(23)9-16/h2-5,8-9H,1,6-7,11-13,24H2. The third-order valence-electron chi connectivity index (χ3n) is 4.86. The molecule has 1 aliphatic heterocycles. The Morgan fingerprint density at radius 1 is 1.28 bits per heavy atom. The van der Waals surface area contributed by atoms with Crippen LogP contribution in [0.15, 0.2) is 41.3 Å². The second-order valence-corrected chi connectivity index (χ2v) is 9.35. The lowest BCUT2D eigenvalue weighted by Crippen LogP contribution is -2.59. The Bertz CT molecular complexity index is 961. The molecule has 0 aromatic heterocycles. The third-order valence-corrected chi connectivity index (χ3v) is 6.98. The summed E-state index contributed by atoms with van der Waals surface area (Å²) in [7, 11) is -1.41. The number of nitrogens with two attached hydrogens (primary N) is 1. The van der Waals surface area contributed by atoms with Gasteiger partial charge in [-0.25, -0.2) is 12.9 Å². The summed E-state index contributed by atoms with van der Waals surface area (Å²) in [6.07, 6.45) is 1.59. The van der Waals surface area contributed by atoms with E-state index >= 15 is 0 Å². The molecule has 9 heteroatoms. The fraction of sp³-hybridized carbons (Fsp3) is 0.350. The van der Waals surface area contributed by atoms with E-state index in [1.165, 1.54) is 12.1 Å². The molecule has 29 heavy (non-hydrogen) atoms. The number of hydrogen-bond acceptors (Lipinski definition) is 4. The van der Waals surface area contributed by atoms with Crippen LogP contribution in [0.1, 0.15) is 18.4 Å². The molecular formula is C20H20Cl2FN3O2S. The monoisotopic (exact) mass is 455 g/mol. The molecule has 0 aliphatic carbocycles. The maximum atomic E-state index is 13.8. The molecule has 3 rings (SSSR count). The molecule has 0 amide bonds. The predicted molar refractivity (Wildman–Crippen MR) is 112 cm³/mol. The van der Waals surface area contributed by atoms with Crippen molar-refractivity contribution in [1.82, 2.24) is 4.31 Å². The van der Waals surface area contributed by atoms with Crippen LogP contribution in [0.5, 0.6) is 5.75 Å². The molecule has 154 valence electrons. The molecular weight excluding hydrogens is 436 g/mol. The summed E-state index contributed by atoms with van der Waals surface area (Å²) < 4.78 is 34.3. The number of nitriles is 1. The average Bonchev–Trinajstić information content (AvgIpc) is 2.66. The summed E-state index contributed by atoms with van der Waals surface area (Å²) in [6.45, 7) is 1.95. The Morgan fingerprint density at radius 3 is 2.66 bits per heavy atom. The summed E-state index contributed by atoms with van der Waals surface area (Å²) in [5, 5.41) is 9.68. The van der Waals surface area contributed by atoms with Crippen LogP contribution < -0.4 is 10.5 Å². The van der Waals surface area contributed by atoms with Crippen LogP contribution in [0.3, 0.4) is 0 Å². The van der Waals surface area contributed by atoms with E-state index in [0.29, 0.717) is 46.9 Å². The zero-order valence-electron chi connectivity index (χ0n) is 15.5. The molecule has 1 atom stereocenters. The maximum Gasteiger partial charge on any atom is 0.144 e. The smallest absolute Gasteiger partial charge is 0.144 e. The largest absolute Gasteiger partial charge is 0.493 e. The van der Waals surface area contributed by atoms with Crippen molar-refractivity contribution in [2.45, 2.75) is 17.7 Å². The molecule has 0 radical (unpaired) electrons. The molecule has 0 bridgehead atoms. The quantitative estimate of drug-likeness (QED) is 0.648. The zero-order chi connectivity index (χ0) is 21.0. The lowest BCUT2D eigenvalue weighted by molar-refractivity contribution is 0.0132. The van der Waals surface area contributed by atoms with Gasteiger partial charge >= 0.3 is 0 Å². The minimum absolute atomic E-state index is 0.0275. The van der Waals surface area contributed by atoms with Crippen molar-refractivity contribution in [3.63, 3.8) is 0 Å². The van der Waals surface area contributed by atoms with Crippen LogP contribution in [-0.4, -0.2) is 34.8 Å². The molecule has 0 saturated carbocycles. The Morgan fingerprint density at radius 2 is 2.03 bits per heavy atom. The first-order chi connectivity index (χ1) is 13.9. The van der Waals surface area contributed by atoms with E-state index in [1.807, 2.05) is 4.31 Å². The van der Waals surface area contributed by atoms with E-state index in [0.717, 1.165) is 12.8 Å². The summed E-state index contributed by atoms with van der Waals surface area (Å²) >= 11 is 12.1. The van der Waals surface area contributed by atoms with Gasteiger partial charge in [-0.2, -0.15) is 5.26 Å². The van der Waals surface area contributed by atoms with E-state index in [9.17, 15) is 8.60 Å². The highest BCUT2D eigenvalue weighted by atomic mass is 35.5. The Balaban J connectivity index is 1.67. The van der Waals surface area contributed by atoms with Crippen LogP contribution in [0.2, 0.25) is 10.0 Å². The Labute approximate surface area is 181 Å². The first kappa shape index (κ1) is 22.0. The van der Waals surface area contributed by atoms with Gasteiger partial charge in [0.25, 0.3) is 0 Å². The van der Waals surface area contributed by atoms with Crippen LogP contribution >= 0.6 is 23.2 Å². The molecule has 2 aromatic rings. The third kappa shape index (κ3) is 5.08. The number of rotatable bonds is 8. The highest BCUT2D eigenvalue weighted by Gasteiger charge is 2.46. The fourth-order valence-corrected chi connectivity index (χ4v) is 5.36. The number of benzene rings is 2. The van der Waals surface area contributed by atoms with Gasteiger partial charge in [-0.1, -0.05) is 23.2 Å². The van der Waals surface area contributed by atoms with E-state index < -0.39 is 16.8 Å².